The van der Waals surface area contributed by atoms with Crippen LogP contribution < -0.4 is 4.74 Å². The molecule has 0 saturated heterocycles. The van der Waals surface area contributed by atoms with E-state index in [0.29, 0.717) is 5.56 Å². The molecule has 0 aliphatic heterocycles. The highest BCUT2D eigenvalue weighted by atomic mass is 35.5. The highest BCUT2D eigenvalue weighted by molar-refractivity contribution is 6.30. The van der Waals surface area contributed by atoms with Crippen LogP contribution >= 0.6 is 23.2 Å². The smallest absolute Gasteiger partial charge is 0.313 e. The lowest BCUT2D eigenvalue weighted by Gasteiger charge is -2.10. The number of halogens is 3. The van der Waals surface area contributed by atoms with E-state index in [9.17, 15) is 14.5 Å². The van der Waals surface area contributed by atoms with Crippen molar-refractivity contribution < 1.29 is 14.1 Å². The number of rotatable bonds is 4. The second kappa shape index (κ2) is 6.07. The molecule has 2 aromatic rings. The first-order valence-electron chi connectivity index (χ1n) is 5.47. The lowest BCUT2D eigenvalue weighted by atomic mass is 10.2. The summed E-state index contributed by atoms with van der Waals surface area (Å²) in [5, 5.41) is 11.2. The van der Waals surface area contributed by atoms with E-state index in [4.69, 9.17) is 27.9 Å². The maximum Gasteiger partial charge on any atom is 0.313 e. The van der Waals surface area contributed by atoms with E-state index in [-0.39, 0.29) is 28.1 Å². The number of hydrogen-bond acceptors (Lipinski definition) is 3. The molecule has 2 rings (SSSR count). The second-order valence-electron chi connectivity index (χ2n) is 3.86. The van der Waals surface area contributed by atoms with Crippen LogP contribution in [-0.4, -0.2) is 4.92 Å². The van der Waals surface area contributed by atoms with Crippen LogP contribution in [0.2, 0.25) is 5.02 Å². The maximum absolute atomic E-state index is 13.1. The summed E-state index contributed by atoms with van der Waals surface area (Å²) >= 11 is 11.4. The molecule has 0 aromatic heterocycles. The lowest BCUT2D eigenvalue weighted by Crippen LogP contribution is -1.95. The summed E-state index contributed by atoms with van der Waals surface area (Å²) in [4.78, 5) is 10.3. The minimum absolute atomic E-state index is 0.0115. The Kier molecular flexibility index (Phi) is 4.42. The minimum Gasteiger partial charge on any atom is -0.450 e. The van der Waals surface area contributed by atoms with E-state index in [1.165, 1.54) is 36.4 Å². The van der Waals surface area contributed by atoms with Crippen molar-refractivity contribution in [2.45, 2.75) is 5.88 Å². The van der Waals surface area contributed by atoms with Gasteiger partial charge in [0.05, 0.1) is 10.8 Å². The minimum atomic E-state index is -0.606. The van der Waals surface area contributed by atoms with Gasteiger partial charge >= 0.3 is 5.69 Å². The molecule has 4 nitrogen and oxygen atoms in total. The highest BCUT2D eigenvalue weighted by Crippen LogP contribution is 2.35. The van der Waals surface area contributed by atoms with Crippen LogP contribution in [0.4, 0.5) is 10.1 Å². The third kappa shape index (κ3) is 3.18. The molecule has 0 atom stereocenters. The molecule has 0 unspecified atom stereocenters. The molecule has 20 heavy (non-hydrogen) atoms. The van der Waals surface area contributed by atoms with Gasteiger partial charge in [-0.25, -0.2) is 4.39 Å². The normalized spacial score (nSPS) is 10.3. The van der Waals surface area contributed by atoms with E-state index in [2.05, 4.69) is 0 Å². The lowest BCUT2D eigenvalue weighted by molar-refractivity contribution is -0.385. The van der Waals surface area contributed by atoms with Crippen molar-refractivity contribution in [3.8, 4) is 11.5 Å². The molecular formula is C13H8Cl2FNO3. The van der Waals surface area contributed by atoms with Gasteiger partial charge in [-0.1, -0.05) is 11.6 Å². The first-order valence-corrected chi connectivity index (χ1v) is 6.38. The monoisotopic (exact) mass is 315 g/mol. The summed E-state index contributed by atoms with van der Waals surface area (Å²) in [7, 11) is 0. The third-order valence-corrected chi connectivity index (χ3v) is 3.03. The SMILES string of the molecule is O=[N+]([O-])c1cc(Cl)ccc1Oc1ccc(F)cc1CCl. The number of nitrogens with zero attached hydrogens (tertiary/aromatic N) is 1. The quantitative estimate of drug-likeness (QED) is 0.457. The largest absolute Gasteiger partial charge is 0.450 e. The second-order valence-corrected chi connectivity index (χ2v) is 4.56. The molecule has 0 aliphatic carbocycles. The summed E-state index contributed by atoms with van der Waals surface area (Å²) in [6, 6.07) is 7.79. The third-order valence-electron chi connectivity index (χ3n) is 2.50. The Morgan fingerprint density at radius 3 is 2.55 bits per heavy atom. The van der Waals surface area contributed by atoms with Crippen LogP contribution in [-0.2, 0) is 5.88 Å². The average Bonchev–Trinajstić information content (AvgIpc) is 2.42. The number of ether oxygens (including phenoxy) is 1. The van der Waals surface area contributed by atoms with E-state index in [0.717, 1.165) is 0 Å². The fourth-order valence-electron chi connectivity index (χ4n) is 1.59. The van der Waals surface area contributed by atoms with E-state index in [1.807, 2.05) is 0 Å². The van der Waals surface area contributed by atoms with Gasteiger partial charge in [0.25, 0.3) is 0 Å². The Morgan fingerprint density at radius 1 is 1.20 bits per heavy atom. The molecule has 0 aliphatic rings. The molecule has 7 heteroatoms. The maximum atomic E-state index is 13.1. The van der Waals surface area contributed by atoms with Crippen molar-refractivity contribution in [2.75, 3.05) is 0 Å². The van der Waals surface area contributed by atoms with Crippen LogP contribution in [0.5, 0.6) is 11.5 Å². The van der Waals surface area contributed by atoms with E-state index in [1.54, 1.807) is 0 Å². The number of nitro benzene ring substituents is 1. The Bertz CT molecular complexity index is 664. The first kappa shape index (κ1) is 14.6. The van der Waals surface area contributed by atoms with Gasteiger partial charge in [0.2, 0.25) is 5.75 Å². The topological polar surface area (TPSA) is 52.4 Å². The number of benzene rings is 2. The molecule has 2 aromatic carbocycles. The number of hydrogen-bond donors (Lipinski definition) is 0. The molecule has 0 saturated carbocycles. The van der Waals surface area contributed by atoms with Crippen molar-refractivity contribution in [1.29, 1.82) is 0 Å². The molecule has 0 spiro atoms. The van der Waals surface area contributed by atoms with Gasteiger partial charge in [-0.15, -0.1) is 11.6 Å². The standard InChI is InChI=1S/C13H8Cl2FNO3/c14-7-8-5-10(16)2-4-12(8)20-13-3-1-9(15)6-11(13)17(18)19/h1-6H,7H2. The number of alkyl halides is 1. The van der Waals surface area contributed by atoms with Gasteiger partial charge in [-0.3, -0.25) is 10.1 Å². The molecular weight excluding hydrogens is 308 g/mol. The Labute approximate surface area is 123 Å². The van der Waals surface area contributed by atoms with Gasteiger partial charge in [0.1, 0.15) is 11.6 Å². The van der Waals surface area contributed by atoms with Crippen molar-refractivity contribution in [3.05, 3.63) is 62.9 Å². The van der Waals surface area contributed by atoms with Crippen LogP contribution in [0, 0.1) is 15.9 Å². The number of nitro groups is 1. The van der Waals surface area contributed by atoms with Crippen molar-refractivity contribution >= 4 is 28.9 Å². The molecule has 0 amide bonds. The summed E-state index contributed by atoms with van der Waals surface area (Å²) in [5.74, 6) is -0.170. The fraction of sp³-hybridized carbons (Fsp3) is 0.0769. The van der Waals surface area contributed by atoms with Crippen molar-refractivity contribution in [2.24, 2.45) is 0 Å². The van der Waals surface area contributed by atoms with Gasteiger partial charge in [-0.2, -0.15) is 0 Å². The van der Waals surface area contributed by atoms with E-state index >= 15 is 0 Å². The predicted molar refractivity (Wildman–Crippen MR) is 74.1 cm³/mol. The zero-order chi connectivity index (χ0) is 14.7. The molecule has 0 bridgehead atoms. The van der Waals surface area contributed by atoms with Gasteiger partial charge < -0.3 is 4.74 Å². The van der Waals surface area contributed by atoms with Gasteiger partial charge in [0, 0.05) is 16.7 Å². The van der Waals surface area contributed by atoms with Crippen LogP contribution in [0.1, 0.15) is 5.56 Å². The summed E-state index contributed by atoms with van der Waals surface area (Å²) < 4.78 is 18.5. The predicted octanol–water partition coefficient (Wildman–Crippen LogP) is 4.92. The molecule has 0 heterocycles. The zero-order valence-electron chi connectivity index (χ0n) is 9.98. The molecule has 0 fully saturated rings. The molecule has 0 N–H and O–H groups in total. The Balaban J connectivity index is 2.42. The van der Waals surface area contributed by atoms with Crippen molar-refractivity contribution in [3.63, 3.8) is 0 Å². The summed E-state index contributed by atoms with van der Waals surface area (Å²) in [6.07, 6.45) is 0. The zero-order valence-corrected chi connectivity index (χ0v) is 11.5. The van der Waals surface area contributed by atoms with Crippen LogP contribution in [0.25, 0.3) is 0 Å². The van der Waals surface area contributed by atoms with Crippen LogP contribution in [0.15, 0.2) is 36.4 Å². The summed E-state index contributed by atoms with van der Waals surface area (Å²) in [6.45, 7) is 0. The Morgan fingerprint density at radius 2 is 1.90 bits per heavy atom. The van der Waals surface area contributed by atoms with E-state index < -0.39 is 10.7 Å². The highest BCUT2D eigenvalue weighted by Gasteiger charge is 2.17. The van der Waals surface area contributed by atoms with Gasteiger partial charge in [0.15, 0.2) is 0 Å². The van der Waals surface area contributed by atoms with Gasteiger partial charge in [-0.05, 0) is 30.3 Å². The molecule has 0 radical (unpaired) electrons. The Hall–Kier alpha value is -1.85. The average molecular weight is 316 g/mol. The van der Waals surface area contributed by atoms with Crippen LogP contribution in [0.3, 0.4) is 0 Å². The van der Waals surface area contributed by atoms with Crippen molar-refractivity contribution in [1.82, 2.24) is 0 Å². The summed E-state index contributed by atoms with van der Waals surface area (Å²) in [5.41, 5.74) is 0.123. The fourth-order valence-corrected chi connectivity index (χ4v) is 1.97. The first-order chi connectivity index (χ1) is 9.51. The molecule has 104 valence electrons.